The van der Waals surface area contributed by atoms with Crippen LogP contribution in [0.2, 0.25) is 0 Å². The van der Waals surface area contributed by atoms with Crippen molar-refractivity contribution in [2.24, 2.45) is 5.41 Å². The van der Waals surface area contributed by atoms with Crippen LogP contribution >= 0.6 is 0 Å². The van der Waals surface area contributed by atoms with Crippen molar-refractivity contribution in [2.45, 2.75) is 53.9 Å². The van der Waals surface area contributed by atoms with Gasteiger partial charge in [0, 0.05) is 6.54 Å². The topological polar surface area (TPSA) is 3.24 Å². The molecule has 1 rings (SSSR count). The van der Waals surface area contributed by atoms with Gasteiger partial charge in [-0.15, -0.1) is 0 Å². The largest absolute Gasteiger partial charge is 0.309 e. The molecule has 0 atom stereocenters. The maximum absolute atomic E-state index is 2.30. The highest BCUT2D eigenvalue weighted by Gasteiger charge is 2.40. The van der Waals surface area contributed by atoms with E-state index < -0.39 is 0 Å². The molecule has 0 heterocycles. The van der Waals surface area contributed by atoms with E-state index in [0.717, 1.165) is 5.41 Å². The lowest BCUT2D eigenvalue weighted by Gasteiger charge is -2.17. The number of hydrogen-bond acceptors (Lipinski definition) is 1. The van der Waals surface area contributed by atoms with Crippen molar-refractivity contribution in [3.8, 4) is 0 Å². The molecule has 0 saturated heterocycles. The van der Waals surface area contributed by atoms with E-state index in [1.54, 1.807) is 0 Å². The highest BCUT2D eigenvalue weighted by atomic mass is 15.1. The van der Waals surface area contributed by atoms with Gasteiger partial charge < -0.3 is 4.90 Å². The monoisotopic (exact) mass is 187 g/mol. The molecule has 0 aromatic rings. The fourth-order valence-corrected chi connectivity index (χ4v) is 1.47. The lowest BCUT2D eigenvalue weighted by atomic mass is 10.0. The normalized spacial score (nSPS) is 16.6. The van der Waals surface area contributed by atoms with Gasteiger partial charge in [-0.2, -0.15) is 0 Å². The van der Waals surface area contributed by atoms with E-state index in [9.17, 15) is 0 Å². The zero-order chi connectivity index (χ0) is 10.9. The molecule has 1 heteroatoms. The Balaban J connectivity index is 0. The second kappa shape index (κ2) is 8.55. The van der Waals surface area contributed by atoms with Gasteiger partial charge in [0.05, 0.1) is 0 Å². The molecule has 0 aromatic carbocycles. The summed E-state index contributed by atoms with van der Waals surface area (Å²) in [7, 11) is 4.32. The lowest BCUT2D eigenvalue weighted by Crippen LogP contribution is -2.21. The van der Waals surface area contributed by atoms with Gasteiger partial charge in [0.25, 0.3) is 0 Å². The average Bonchev–Trinajstić information content (AvgIpc) is 2.91. The molecule has 1 saturated carbocycles. The SMILES string of the molecule is CC.CC.CCC1(CN(C)C)CC1. The maximum atomic E-state index is 2.30. The molecule has 13 heavy (non-hydrogen) atoms. The van der Waals surface area contributed by atoms with E-state index in [-0.39, 0.29) is 0 Å². The minimum absolute atomic E-state index is 0.740. The summed E-state index contributed by atoms with van der Waals surface area (Å²) in [5, 5.41) is 0. The predicted octanol–water partition coefficient (Wildman–Crippen LogP) is 3.79. The molecule has 0 N–H and O–H groups in total. The summed E-state index contributed by atoms with van der Waals surface area (Å²) >= 11 is 0. The average molecular weight is 187 g/mol. The minimum Gasteiger partial charge on any atom is -0.309 e. The molecule has 0 amide bonds. The van der Waals surface area contributed by atoms with Crippen molar-refractivity contribution in [2.75, 3.05) is 20.6 Å². The maximum Gasteiger partial charge on any atom is 0.00318 e. The second-order valence-electron chi connectivity index (χ2n) is 3.59. The summed E-state index contributed by atoms with van der Waals surface area (Å²) in [5.41, 5.74) is 0.740. The van der Waals surface area contributed by atoms with Crippen LogP contribution < -0.4 is 0 Å². The highest BCUT2D eigenvalue weighted by Crippen LogP contribution is 2.48. The van der Waals surface area contributed by atoms with Crippen molar-refractivity contribution in [1.82, 2.24) is 4.90 Å². The van der Waals surface area contributed by atoms with E-state index in [0.29, 0.717) is 0 Å². The first-order valence-corrected chi connectivity index (χ1v) is 5.83. The third kappa shape index (κ3) is 7.06. The summed E-state index contributed by atoms with van der Waals surface area (Å²) in [6.45, 7) is 11.6. The zero-order valence-corrected chi connectivity index (χ0v) is 10.8. The van der Waals surface area contributed by atoms with Crippen molar-refractivity contribution < 1.29 is 0 Å². The predicted molar refractivity (Wildman–Crippen MR) is 63.2 cm³/mol. The molecule has 1 aliphatic rings. The summed E-state index contributed by atoms with van der Waals surface area (Å²) in [6, 6.07) is 0. The molecule has 1 fully saturated rings. The van der Waals surface area contributed by atoms with Crippen LogP contribution in [-0.4, -0.2) is 25.5 Å². The van der Waals surface area contributed by atoms with Crippen LogP contribution in [0.3, 0.4) is 0 Å². The van der Waals surface area contributed by atoms with Crippen LogP contribution in [0, 0.1) is 5.41 Å². The van der Waals surface area contributed by atoms with Crippen LogP contribution in [0.25, 0.3) is 0 Å². The van der Waals surface area contributed by atoms with E-state index in [2.05, 4.69) is 25.9 Å². The molecule has 0 unspecified atom stereocenters. The van der Waals surface area contributed by atoms with Gasteiger partial charge in [-0.25, -0.2) is 0 Å². The molecule has 0 aliphatic heterocycles. The minimum atomic E-state index is 0.740. The summed E-state index contributed by atoms with van der Waals surface area (Å²) in [5.74, 6) is 0. The Morgan fingerprint density at radius 3 is 1.46 bits per heavy atom. The van der Waals surface area contributed by atoms with Crippen LogP contribution in [0.1, 0.15) is 53.9 Å². The van der Waals surface area contributed by atoms with Gasteiger partial charge in [0.1, 0.15) is 0 Å². The van der Waals surface area contributed by atoms with Gasteiger partial charge in [0.2, 0.25) is 0 Å². The Morgan fingerprint density at radius 1 is 1.00 bits per heavy atom. The molecule has 0 radical (unpaired) electrons. The van der Waals surface area contributed by atoms with Gasteiger partial charge in [0.15, 0.2) is 0 Å². The third-order valence-corrected chi connectivity index (χ3v) is 2.36. The fraction of sp³-hybridized carbons (Fsp3) is 1.00. The van der Waals surface area contributed by atoms with Gasteiger partial charge in [-0.05, 0) is 38.8 Å². The molecule has 0 spiro atoms. The lowest BCUT2D eigenvalue weighted by molar-refractivity contribution is 0.302. The van der Waals surface area contributed by atoms with Crippen LogP contribution in [0.15, 0.2) is 0 Å². The second-order valence-corrected chi connectivity index (χ2v) is 3.59. The Kier molecular flexibility index (Phi) is 10.2. The van der Waals surface area contributed by atoms with E-state index in [1.807, 2.05) is 27.7 Å². The first-order valence-electron chi connectivity index (χ1n) is 5.83. The van der Waals surface area contributed by atoms with E-state index >= 15 is 0 Å². The van der Waals surface area contributed by atoms with E-state index in [4.69, 9.17) is 0 Å². The van der Waals surface area contributed by atoms with Gasteiger partial charge in [-0.3, -0.25) is 0 Å². The Hall–Kier alpha value is -0.0400. The first-order chi connectivity index (χ1) is 6.18. The smallest absolute Gasteiger partial charge is 0.00318 e. The van der Waals surface area contributed by atoms with Crippen molar-refractivity contribution in [1.29, 1.82) is 0 Å². The molecule has 1 aliphatic carbocycles. The van der Waals surface area contributed by atoms with Crippen LogP contribution in [0.4, 0.5) is 0 Å². The number of hydrogen-bond donors (Lipinski definition) is 0. The fourth-order valence-electron chi connectivity index (χ4n) is 1.47. The van der Waals surface area contributed by atoms with Crippen molar-refractivity contribution >= 4 is 0 Å². The third-order valence-electron chi connectivity index (χ3n) is 2.36. The molecular weight excluding hydrogens is 158 g/mol. The van der Waals surface area contributed by atoms with Gasteiger partial charge in [-0.1, -0.05) is 34.6 Å². The quantitative estimate of drug-likeness (QED) is 0.650. The Morgan fingerprint density at radius 2 is 1.38 bits per heavy atom. The summed E-state index contributed by atoms with van der Waals surface area (Å²) in [4.78, 5) is 2.30. The summed E-state index contributed by atoms with van der Waals surface area (Å²) < 4.78 is 0. The van der Waals surface area contributed by atoms with E-state index in [1.165, 1.54) is 25.8 Å². The Bertz CT molecular complexity index is 93.3. The molecule has 0 aromatic heterocycles. The molecule has 82 valence electrons. The molecule has 1 nitrogen and oxygen atoms in total. The summed E-state index contributed by atoms with van der Waals surface area (Å²) in [6.07, 6.45) is 4.29. The van der Waals surface area contributed by atoms with Crippen LogP contribution in [0.5, 0.6) is 0 Å². The highest BCUT2D eigenvalue weighted by molar-refractivity contribution is 4.93. The van der Waals surface area contributed by atoms with Crippen LogP contribution in [-0.2, 0) is 0 Å². The number of nitrogens with zero attached hydrogens (tertiary/aromatic N) is 1. The molecule has 0 bridgehead atoms. The Labute approximate surface area is 85.5 Å². The number of rotatable bonds is 3. The molecular formula is C12H29N. The zero-order valence-electron chi connectivity index (χ0n) is 10.8. The van der Waals surface area contributed by atoms with Gasteiger partial charge >= 0.3 is 0 Å². The first kappa shape index (κ1) is 15.4. The standard InChI is InChI=1S/C8H17N.2C2H6/c1-4-8(5-6-8)7-9(2)3;2*1-2/h4-7H2,1-3H3;2*1-2H3. The van der Waals surface area contributed by atoms with Crippen molar-refractivity contribution in [3.63, 3.8) is 0 Å². The van der Waals surface area contributed by atoms with Crippen molar-refractivity contribution in [3.05, 3.63) is 0 Å².